The van der Waals surface area contributed by atoms with Gasteiger partial charge in [-0.1, -0.05) is 43.9 Å². The number of aryl methyl sites for hydroxylation is 2. The van der Waals surface area contributed by atoms with Crippen molar-refractivity contribution in [2.24, 2.45) is 0 Å². The van der Waals surface area contributed by atoms with Crippen molar-refractivity contribution >= 4 is 15.7 Å². The Morgan fingerprint density at radius 3 is 2.35 bits per heavy atom. The summed E-state index contributed by atoms with van der Waals surface area (Å²) in [5, 5.41) is 0.0781. The van der Waals surface area contributed by atoms with E-state index in [0.29, 0.717) is 18.2 Å². The van der Waals surface area contributed by atoms with Gasteiger partial charge in [0, 0.05) is 19.5 Å². The number of anilines is 1. The van der Waals surface area contributed by atoms with Crippen LogP contribution in [0.3, 0.4) is 0 Å². The second-order valence-corrected chi connectivity index (χ2v) is 8.90. The van der Waals surface area contributed by atoms with Crippen molar-refractivity contribution in [3.05, 3.63) is 35.7 Å². The third-order valence-corrected chi connectivity index (χ3v) is 6.51. The standard InChI is InChI=1S/C20H28N2O3S/c1-3-4-9-18-21-19(20(25-18)22-14-7-5-6-8-15-22)26(23,24)17-12-10-16(2)11-13-17/h10-13H,3-9,14-15H2,1-2H3. The molecule has 1 saturated heterocycles. The first-order valence-electron chi connectivity index (χ1n) is 9.59. The molecule has 0 radical (unpaired) electrons. The molecule has 0 aliphatic carbocycles. The van der Waals surface area contributed by atoms with Gasteiger partial charge in [-0.25, -0.2) is 8.42 Å². The molecule has 1 aliphatic rings. The lowest BCUT2D eigenvalue weighted by Crippen LogP contribution is -2.25. The first-order valence-corrected chi connectivity index (χ1v) is 11.1. The number of unbranched alkanes of at least 4 members (excludes halogenated alkanes) is 1. The van der Waals surface area contributed by atoms with Gasteiger partial charge in [0.1, 0.15) is 0 Å². The van der Waals surface area contributed by atoms with Crippen molar-refractivity contribution in [3.8, 4) is 0 Å². The van der Waals surface area contributed by atoms with E-state index in [1.54, 1.807) is 12.1 Å². The van der Waals surface area contributed by atoms with E-state index in [9.17, 15) is 8.42 Å². The zero-order valence-electron chi connectivity index (χ0n) is 15.7. The van der Waals surface area contributed by atoms with E-state index in [-0.39, 0.29) is 9.92 Å². The lowest BCUT2D eigenvalue weighted by molar-refractivity contribution is 0.476. The van der Waals surface area contributed by atoms with Crippen LogP contribution in [0.1, 0.15) is 56.9 Å². The van der Waals surface area contributed by atoms with Crippen molar-refractivity contribution in [3.63, 3.8) is 0 Å². The molecule has 1 aromatic carbocycles. The summed E-state index contributed by atoms with van der Waals surface area (Å²) in [5.41, 5.74) is 1.03. The molecular weight excluding hydrogens is 348 g/mol. The highest BCUT2D eigenvalue weighted by atomic mass is 32.2. The maximum absolute atomic E-state index is 13.2. The molecule has 1 aliphatic heterocycles. The minimum Gasteiger partial charge on any atom is -0.424 e. The molecule has 2 heterocycles. The summed E-state index contributed by atoms with van der Waals surface area (Å²) in [6, 6.07) is 6.93. The van der Waals surface area contributed by atoms with Gasteiger partial charge in [-0.2, -0.15) is 4.98 Å². The van der Waals surface area contributed by atoms with Gasteiger partial charge in [0.25, 0.3) is 0 Å². The van der Waals surface area contributed by atoms with Crippen LogP contribution in [0.5, 0.6) is 0 Å². The topological polar surface area (TPSA) is 63.4 Å². The number of rotatable bonds is 6. The molecule has 142 valence electrons. The normalized spacial score (nSPS) is 15.8. The summed E-state index contributed by atoms with van der Waals surface area (Å²) in [5.74, 6) is 0.954. The molecular formula is C20H28N2O3S. The number of sulfone groups is 1. The Hall–Kier alpha value is -1.82. The lowest BCUT2D eigenvalue weighted by Gasteiger charge is -2.20. The zero-order valence-corrected chi connectivity index (χ0v) is 16.5. The molecule has 26 heavy (non-hydrogen) atoms. The summed E-state index contributed by atoms with van der Waals surface area (Å²) < 4.78 is 32.4. The second kappa shape index (κ2) is 8.25. The first kappa shape index (κ1) is 19.0. The molecule has 6 heteroatoms. The minimum absolute atomic E-state index is 0.0781. The Balaban J connectivity index is 2.02. The number of nitrogens with zero attached hydrogens (tertiary/aromatic N) is 2. The monoisotopic (exact) mass is 376 g/mol. The fraction of sp³-hybridized carbons (Fsp3) is 0.550. The van der Waals surface area contributed by atoms with E-state index in [1.807, 2.05) is 19.1 Å². The lowest BCUT2D eigenvalue weighted by atomic mass is 10.2. The van der Waals surface area contributed by atoms with Gasteiger partial charge < -0.3 is 9.32 Å². The van der Waals surface area contributed by atoms with E-state index in [0.717, 1.165) is 44.3 Å². The highest BCUT2D eigenvalue weighted by molar-refractivity contribution is 7.91. The van der Waals surface area contributed by atoms with Crippen LogP contribution in [-0.4, -0.2) is 26.5 Å². The molecule has 0 unspecified atom stereocenters. The Labute approximate surface area is 156 Å². The average Bonchev–Trinajstić information content (AvgIpc) is 2.88. The summed E-state index contributed by atoms with van der Waals surface area (Å²) in [6.07, 6.45) is 7.07. The number of oxazole rings is 1. The largest absolute Gasteiger partial charge is 0.424 e. The van der Waals surface area contributed by atoms with Crippen molar-refractivity contribution < 1.29 is 12.8 Å². The van der Waals surface area contributed by atoms with Crippen LogP contribution in [0.2, 0.25) is 0 Å². The summed E-state index contributed by atoms with van der Waals surface area (Å²) in [4.78, 5) is 6.77. The van der Waals surface area contributed by atoms with Crippen molar-refractivity contribution in [2.75, 3.05) is 18.0 Å². The van der Waals surface area contributed by atoms with Gasteiger partial charge in [0.05, 0.1) is 4.90 Å². The zero-order chi connectivity index (χ0) is 18.6. The van der Waals surface area contributed by atoms with Crippen LogP contribution in [0.4, 0.5) is 5.88 Å². The number of hydrogen-bond donors (Lipinski definition) is 0. The Bertz CT molecular complexity index is 817. The SMILES string of the molecule is CCCCc1nc(S(=O)(=O)c2ccc(C)cc2)c(N2CCCCCC2)o1. The van der Waals surface area contributed by atoms with Gasteiger partial charge in [0.2, 0.25) is 20.7 Å². The van der Waals surface area contributed by atoms with E-state index in [4.69, 9.17) is 4.42 Å². The van der Waals surface area contributed by atoms with Crippen LogP contribution in [0, 0.1) is 6.92 Å². The van der Waals surface area contributed by atoms with Crippen LogP contribution in [0.25, 0.3) is 0 Å². The smallest absolute Gasteiger partial charge is 0.236 e. The third-order valence-electron chi connectivity index (χ3n) is 4.85. The molecule has 2 aromatic rings. The second-order valence-electron chi connectivity index (χ2n) is 7.04. The van der Waals surface area contributed by atoms with Crippen molar-refractivity contribution in [1.29, 1.82) is 0 Å². The number of hydrogen-bond acceptors (Lipinski definition) is 5. The molecule has 0 bridgehead atoms. The fourth-order valence-corrected chi connectivity index (χ4v) is 4.59. The van der Waals surface area contributed by atoms with E-state index in [1.165, 1.54) is 12.8 Å². The van der Waals surface area contributed by atoms with Crippen LogP contribution in [-0.2, 0) is 16.3 Å². The van der Waals surface area contributed by atoms with E-state index in [2.05, 4.69) is 16.8 Å². The van der Waals surface area contributed by atoms with E-state index < -0.39 is 9.84 Å². The molecule has 0 amide bonds. The first-order chi connectivity index (χ1) is 12.5. The fourth-order valence-electron chi connectivity index (χ4n) is 3.25. The summed E-state index contributed by atoms with van der Waals surface area (Å²) in [7, 11) is -3.70. The highest BCUT2D eigenvalue weighted by Gasteiger charge is 2.31. The molecule has 3 rings (SSSR count). The quantitative estimate of drug-likeness (QED) is 0.741. The Morgan fingerprint density at radius 1 is 1.08 bits per heavy atom. The number of benzene rings is 1. The minimum atomic E-state index is -3.70. The van der Waals surface area contributed by atoms with Gasteiger partial charge in [-0.15, -0.1) is 0 Å². The molecule has 1 fully saturated rings. The van der Waals surface area contributed by atoms with Gasteiger partial charge in [-0.05, 0) is 38.3 Å². The Kier molecular flexibility index (Phi) is 6.01. The number of aromatic nitrogens is 1. The van der Waals surface area contributed by atoms with Crippen molar-refractivity contribution in [2.45, 2.75) is 68.7 Å². The van der Waals surface area contributed by atoms with Crippen LogP contribution < -0.4 is 4.90 Å². The molecule has 5 nitrogen and oxygen atoms in total. The molecule has 0 saturated carbocycles. The summed E-state index contributed by atoms with van der Waals surface area (Å²) in [6.45, 7) is 5.68. The average molecular weight is 377 g/mol. The highest BCUT2D eigenvalue weighted by Crippen LogP contribution is 2.33. The van der Waals surface area contributed by atoms with E-state index >= 15 is 0 Å². The Morgan fingerprint density at radius 2 is 1.73 bits per heavy atom. The van der Waals surface area contributed by atoms with Gasteiger partial charge in [0.15, 0.2) is 5.89 Å². The van der Waals surface area contributed by atoms with Crippen molar-refractivity contribution in [1.82, 2.24) is 4.98 Å². The molecule has 0 atom stereocenters. The molecule has 1 aromatic heterocycles. The maximum Gasteiger partial charge on any atom is 0.236 e. The summed E-state index contributed by atoms with van der Waals surface area (Å²) >= 11 is 0. The van der Waals surface area contributed by atoms with Crippen LogP contribution >= 0.6 is 0 Å². The predicted octanol–water partition coefficient (Wildman–Crippen LogP) is 4.54. The van der Waals surface area contributed by atoms with Gasteiger partial charge in [-0.3, -0.25) is 0 Å². The maximum atomic E-state index is 13.2. The van der Waals surface area contributed by atoms with Gasteiger partial charge >= 0.3 is 0 Å². The molecule has 0 spiro atoms. The predicted molar refractivity (Wildman–Crippen MR) is 102 cm³/mol. The van der Waals surface area contributed by atoms with Crippen LogP contribution in [0.15, 0.2) is 38.6 Å². The third kappa shape index (κ3) is 4.11. The molecule has 0 N–H and O–H groups in total.